The highest BCUT2D eigenvalue weighted by Crippen LogP contribution is 2.27. The predicted molar refractivity (Wildman–Crippen MR) is 92.1 cm³/mol. The molecule has 1 aromatic heterocycles. The van der Waals surface area contributed by atoms with Crippen molar-refractivity contribution >= 4 is 27.3 Å². The third kappa shape index (κ3) is 4.08. The molecule has 0 bridgehead atoms. The van der Waals surface area contributed by atoms with Crippen LogP contribution in [-0.4, -0.2) is 49.3 Å². The maximum absolute atomic E-state index is 6.22. The number of halogens is 1. The lowest BCUT2D eigenvalue weighted by Gasteiger charge is -2.39. The van der Waals surface area contributed by atoms with Gasteiger partial charge in [0.2, 0.25) is 0 Å². The molecule has 3 heterocycles. The van der Waals surface area contributed by atoms with Gasteiger partial charge < -0.3 is 10.1 Å². The van der Waals surface area contributed by atoms with Crippen LogP contribution in [0.15, 0.2) is 15.9 Å². The number of rotatable bonds is 6. The van der Waals surface area contributed by atoms with Crippen molar-refractivity contribution in [2.24, 2.45) is 0 Å². The zero-order chi connectivity index (χ0) is 14.7. The molecule has 0 radical (unpaired) electrons. The first kappa shape index (κ1) is 15.9. The standard InChI is InChI=1S/C16H25BrN2OS/c1-2-7-18-14(9-13-5-6-16(17)21-13)15-10-19-8-3-4-12(19)11-20-15/h5-6,12,14-15,18H,2-4,7-11H2,1H3. The van der Waals surface area contributed by atoms with Crippen molar-refractivity contribution < 1.29 is 4.74 Å². The number of morpholine rings is 1. The predicted octanol–water partition coefficient (Wildman–Crippen LogP) is 3.28. The summed E-state index contributed by atoms with van der Waals surface area (Å²) in [4.78, 5) is 4.07. The maximum Gasteiger partial charge on any atom is 0.0859 e. The average molecular weight is 373 g/mol. The SMILES string of the molecule is CCCNC(Cc1ccc(Br)s1)C1CN2CCCC2CO1. The summed E-state index contributed by atoms with van der Waals surface area (Å²) >= 11 is 5.41. The van der Waals surface area contributed by atoms with Gasteiger partial charge in [-0.25, -0.2) is 0 Å². The Kier molecular flexibility index (Phi) is 5.73. The molecule has 2 fully saturated rings. The van der Waals surface area contributed by atoms with Gasteiger partial charge in [0, 0.05) is 23.5 Å². The zero-order valence-electron chi connectivity index (χ0n) is 12.7. The van der Waals surface area contributed by atoms with Gasteiger partial charge in [-0.3, -0.25) is 4.90 Å². The zero-order valence-corrected chi connectivity index (χ0v) is 15.1. The minimum atomic E-state index is 0.326. The van der Waals surface area contributed by atoms with Crippen molar-refractivity contribution in [2.45, 2.75) is 50.8 Å². The number of hydrogen-bond acceptors (Lipinski definition) is 4. The lowest BCUT2D eigenvalue weighted by atomic mass is 10.0. The first-order valence-corrected chi connectivity index (χ1v) is 9.70. The van der Waals surface area contributed by atoms with Crippen molar-refractivity contribution in [1.29, 1.82) is 0 Å². The molecule has 3 rings (SSSR count). The molecule has 0 aliphatic carbocycles. The van der Waals surface area contributed by atoms with Gasteiger partial charge in [-0.1, -0.05) is 6.92 Å². The Morgan fingerprint density at radius 3 is 3.19 bits per heavy atom. The molecule has 3 nitrogen and oxygen atoms in total. The van der Waals surface area contributed by atoms with Crippen LogP contribution in [0.2, 0.25) is 0 Å². The van der Waals surface area contributed by atoms with E-state index in [-0.39, 0.29) is 0 Å². The third-order valence-corrected chi connectivity index (χ3v) is 6.22. The molecule has 0 amide bonds. The quantitative estimate of drug-likeness (QED) is 0.828. The molecule has 0 spiro atoms. The molecule has 21 heavy (non-hydrogen) atoms. The second-order valence-corrected chi connectivity index (χ2v) is 8.68. The van der Waals surface area contributed by atoms with Crippen LogP contribution in [0.5, 0.6) is 0 Å². The number of fused-ring (bicyclic) bond motifs is 1. The number of nitrogens with one attached hydrogen (secondary N) is 1. The van der Waals surface area contributed by atoms with E-state index in [1.165, 1.54) is 34.5 Å². The first-order chi connectivity index (χ1) is 10.3. The molecule has 2 aliphatic heterocycles. The molecular formula is C16H25BrN2OS. The van der Waals surface area contributed by atoms with Crippen LogP contribution in [0.25, 0.3) is 0 Å². The monoisotopic (exact) mass is 372 g/mol. The van der Waals surface area contributed by atoms with Crippen molar-refractivity contribution in [3.63, 3.8) is 0 Å². The Balaban J connectivity index is 1.63. The summed E-state index contributed by atoms with van der Waals surface area (Å²) in [5.74, 6) is 0. The van der Waals surface area contributed by atoms with E-state index in [0.717, 1.165) is 26.1 Å². The molecule has 118 valence electrons. The lowest BCUT2D eigenvalue weighted by molar-refractivity contribution is -0.0642. The highest BCUT2D eigenvalue weighted by Gasteiger charge is 2.35. The van der Waals surface area contributed by atoms with Crippen LogP contribution in [0.4, 0.5) is 0 Å². The summed E-state index contributed by atoms with van der Waals surface area (Å²) in [6.45, 7) is 6.57. The summed E-state index contributed by atoms with van der Waals surface area (Å²) < 4.78 is 7.44. The molecule has 3 unspecified atom stereocenters. The third-order valence-electron chi connectivity index (χ3n) is 4.57. The molecule has 0 saturated carbocycles. The lowest BCUT2D eigenvalue weighted by Crippen LogP contribution is -2.54. The number of hydrogen-bond donors (Lipinski definition) is 1. The Morgan fingerprint density at radius 1 is 1.52 bits per heavy atom. The van der Waals surface area contributed by atoms with Gasteiger partial charge in [-0.15, -0.1) is 11.3 Å². The molecule has 1 aromatic rings. The fourth-order valence-corrected chi connectivity index (χ4v) is 4.97. The summed E-state index contributed by atoms with van der Waals surface area (Å²) in [6, 6.07) is 5.49. The van der Waals surface area contributed by atoms with Gasteiger partial charge in [0.05, 0.1) is 16.5 Å². The highest BCUT2D eigenvalue weighted by atomic mass is 79.9. The number of nitrogens with zero attached hydrogens (tertiary/aromatic N) is 1. The van der Waals surface area contributed by atoms with Gasteiger partial charge in [-0.05, 0) is 66.8 Å². The molecule has 5 heteroatoms. The van der Waals surface area contributed by atoms with Crippen molar-refractivity contribution in [1.82, 2.24) is 10.2 Å². The molecule has 1 N–H and O–H groups in total. The van der Waals surface area contributed by atoms with Crippen LogP contribution >= 0.6 is 27.3 Å². The molecule has 0 aromatic carbocycles. The van der Waals surface area contributed by atoms with E-state index in [9.17, 15) is 0 Å². The molecule has 2 aliphatic rings. The Labute approximate surface area is 140 Å². The van der Waals surface area contributed by atoms with Crippen LogP contribution < -0.4 is 5.32 Å². The normalized spacial score (nSPS) is 27.7. The van der Waals surface area contributed by atoms with E-state index in [0.29, 0.717) is 18.2 Å². The van der Waals surface area contributed by atoms with Crippen LogP contribution in [-0.2, 0) is 11.2 Å². The van der Waals surface area contributed by atoms with E-state index < -0.39 is 0 Å². The van der Waals surface area contributed by atoms with Crippen LogP contribution in [0.3, 0.4) is 0 Å². The summed E-state index contributed by atoms with van der Waals surface area (Å²) in [7, 11) is 0. The van der Waals surface area contributed by atoms with Gasteiger partial charge in [-0.2, -0.15) is 0 Å². The minimum absolute atomic E-state index is 0.326. The second-order valence-electron chi connectivity index (χ2n) is 6.13. The van der Waals surface area contributed by atoms with Crippen molar-refractivity contribution in [3.8, 4) is 0 Å². The van der Waals surface area contributed by atoms with E-state index in [1.54, 1.807) is 0 Å². The maximum atomic E-state index is 6.22. The summed E-state index contributed by atoms with van der Waals surface area (Å²) in [5, 5.41) is 3.72. The molecule has 3 atom stereocenters. The van der Waals surface area contributed by atoms with Crippen molar-refractivity contribution in [2.75, 3.05) is 26.2 Å². The highest BCUT2D eigenvalue weighted by molar-refractivity contribution is 9.11. The average Bonchev–Trinajstić information content (AvgIpc) is 3.11. The van der Waals surface area contributed by atoms with Crippen molar-refractivity contribution in [3.05, 3.63) is 20.8 Å². The smallest absolute Gasteiger partial charge is 0.0859 e. The van der Waals surface area contributed by atoms with E-state index >= 15 is 0 Å². The number of thiophene rings is 1. The Morgan fingerprint density at radius 2 is 2.43 bits per heavy atom. The fourth-order valence-electron chi connectivity index (χ4n) is 3.43. The summed E-state index contributed by atoms with van der Waals surface area (Å²) in [6.07, 6.45) is 5.22. The Bertz CT molecular complexity index is 453. The van der Waals surface area contributed by atoms with Crippen LogP contribution in [0, 0.1) is 0 Å². The van der Waals surface area contributed by atoms with E-state index in [4.69, 9.17) is 4.74 Å². The summed E-state index contributed by atoms with van der Waals surface area (Å²) in [5.41, 5.74) is 0. The second kappa shape index (κ2) is 7.55. The fraction of sp³-hybridized carbons (Fsp3) is 0.750. The largest absolute Gasteiger partial charge is 0.374 e. The van der Waals surface area contributed by atoms with Gasteiger partial charge in [0.15, 0.2) is 0 Å². The number of ether oxygens (including phenoxy) is 1. The minimum Gasteiger partial charge on any atom is -0.374 e. The van der Waals surface area contributed by atoms with E-state index in [2.05, 4.69) is 45.2 Å². The van der Waals surface area contributed by atoms with Gasteiger partial charge >= 0.3 is 0 Å². The van der Waals surface area contributed by atoms with Crippen LogP contribution in [0.1, 0.15) is 31.1 Å². The van der Waals surface area contributed by atoms with Gasteiger partial charge in [0.25, 0.3) is 0 Å². The van der Waals surface area contributed by atoms with Gasteiger partial charge in [0.1, 0.15) is 0 Å². The molecular weight excluding hydrogens is 348 g/mol. The topological polar surface area (TPSA) is 24.5 Å². The Hall–Kier alpha value is 0.0600. The first-order valence-electron chi connectivity index (χ1n) is 8.09. The molecule has 2 saturated heterocycles. The van der Waals surface area contributed by atoms with E-state index in [1.807, 2.05) is 11.3 Å².